The second-order valence-corrected chi connectivity index (χ2v) is 19.0. The van der Waals surface area contributed by atoms with Crippen molar-refractivity contribution in [2.45, 2.75) is 315 Å². The molecule has 0 radical (unpaired) electrons. The van der Waals surface area contributed by atoms with Crippen molar-refractivity contribution in [1.82, 2.24) is 5.32 Å². The molecule has 360 valence electrons. The number of nitrogens with one attached hydrogen (secondary N) is 1. The molecular weight excluding hydrogens is 747 g/mol. The van der Waals surface area contributed by atoms with Crippen molar-refractivity contribution < 1.29 is 15.0 Å². The van der Waals surface area contributed by atoms with Crippen LogP contribution in [-0.2, 0) is 4.79 Å². The molecule has 0 fully saturated rings. The van der Waals surface area contributed by atoms with Gasteiger partial charge in [0.15, 0.2) is 0 Å². The molecule has 4 heteroatoms. The number of hydrogen-bond donors (Lipinski definition) is 3. The van der Waals surface area contributed by atoms with Crippen LogP contribution in [0.15, 0.2) is 36.5 Å². The fourth-order valence-corrected chi connectivity index (χ4v) is 8.60. The third-order valence-electron chi connectivity index (χ3n) is 12.8. The number of carbonyl (C=O) groups excluding carboxylic acids is 1. The molecule has 0 rings (SSSR count). The fourth-order valence-electron chi connectivity index (χ4n) is 8.60. The van der Waals surface area contributed by atoms with Crippen LogP contribution < -0.4 is 5.32 Å². The van der Waals surface area contributed by atoms with Gasteiger partial charge in [-0.15, -0.1) is 0 Å². The summed E-state index contributed by atoms with van der Waals surface area (Å²) in [6, 6.07) is -0.640. The molecule has 0 aromatic heterocycles. The zero-order valence-corrected chi connectivity index (χ0v) is 41.4. The Kier molecular flexibility index (Phi) is 51.7. The van der Waals surface area contributed by atoms with Crippen LogP contribution in [0.25, 0.3) is 0 Å². The number of allylic oxidation sites excluding steroid dienone is 5. The molecule has 0 aromatic carbocycles. The van der Waals surface area contributed by atoms with Gasteiger partial charge in [-0.3, -0.25) is 4.79 Å². The average molecular weight is 857 g/mol. The summed E-state index contributed by atoms with van der Waals surface area (Å²) < 4.78 is 0. The first-order chi connectivity index (χ1) is 30.2. The number of aliphatic hydroxyl groups is 2. The van der Waals surface area contributed by atoms with E-state index in [-0.39, 0.29) is 12.5 Å². The standard InChI is InChI=1S/C57H109NO3/c1-3-5-7-9-11-13-15-17-19-21-23-25-27-28-29-31-33-35-37-39-41-43-45-47-49-51-53-57(61)58-55(54-59)56(60)52-50-48-46-44-42-40-38-36-34-32-30-26-24-22-20-18-16-14-12-10-8-6-4-2/h28-29,42,44,50,52,55-56,59-60H,3-27,30-41,43,45-49,51,53-54H2,1-2H3,(H,58,61)/b29-28-,44-42+,52-50+. The predicted molar refractivity (Wildman–Crippen MR) is 272 cm³/mol. The van der Waals surface area contributed by atoms with Crippen LogP contribution in [0.5, 0.6) is 0 Å². The Labute approximate surface area is 382 Å². The lowest BCUT2D eigenvalue weighted by Gasteiger charge is -2.19. The summed E-state index contributed by atoms with van der Waals surface area (Å²) >= 11 is 0. The summed E-state index contributed by atoms with van der Waals surface area (Å²) in [6.45, 7) is 4.33. The summed E-state index contributed by atoms with van der Waals surface area (Å²) in [5.41, 5.74) is 0. The normalized spacial score (nSPS) is 13.0. The van der Waals surface area contributed by atoms with Gasteiger partial charge in [0.05, 0.1) is 18.8 Å². The van der Waals surface area contributed by atoms with E-state index in [4.69, 9.17) is 0 Å². The highest BCUT2D eigenvalue weighted by molar-refractivity contribution is 5.76. The van der Waals surface area contributed by atoms with Gasteiger partial charge in [0, 0.05) is 6.42 Å². The van der Waals surface area contributed by atoms with Gasteiger partial charge in [-0.2, -0.15) is 0 Å². The van der Waals surface area contributed by atoms with Gasteiger partial charge in [0.2, 0.25) is 5.91 Å². The second kappa shape index (κ2) is 53.0. The van der Waals surface area contributed by atoms with Crippen molar-refractivity contribution in [1.29, 1.82) is 0 Å². The van der Waals surface area contributed by atoms with Crippen LogP contribution in [0, 0.1) is 0 Å². The molecule has 2 atom stereocenters. The summed E-state index contributed by atoms with van der Waals surface area (Å²) in [5.74, 6) is -0.0713. The van der Waals surface area contributed by atoms with Crippen LogP contribution in [0.4, 0.5) is 0 Å². The van der Waals surface area contributed by atoms with Crippen molar-refractivity contribution in [3.63, 3.8) is 0 Å². The lowest BCUT2D eigenvalue weighted by molar-refractivity contribution is -0.123. The molecule has 4 nitrogen and oxygen atoms in total. The minimum atomic E-state index is -0.863. The molecule has 0 bridgehead atoms. The SMILES string of the molecule is CCCCCCCCCCCCCC/C=C\CCCCCCCCCCCCC(=O)NC(CO)C(O)/C=C/CC/C=C/CCCCCCCCCCCCCCCCCCC. The van der Waals surface area contributed by atoms with Crippen molar-refractivity contribution in [2.24, 2.45) is 0 Å². The second-order valence-electron chi connectivity index (χ2n) is 19.0. The van der Waals surface area contributed by atoms with Gasteiger partial charge >= 0.3 is 0 Å². The van der Waals surface area contributed by atoms with Crippen LogP contribution in [0.1, 0.15) is 303 Å². The molecule has 0 aliphatic rings. The highest BCUT2D eigenvalue weighted by Crippen LogP contribution is 2.17. The molecule has 0 aliphatic carbocycles. The Bertz CT molecular complexity index is 928. The van der Waals surface area contributed by atoms with Gasteiger partial charge in [0.1, 0.15) is 0 Å². The molecule has 0 aliphatic heterocycles. The summed E-state index contributed by atoms with van der Waals surface area (Å²) in [7, 11) is 0. The number of hydrogen-bond acceptors (Lipinski definition) is 3. The Morgan fingerprint density at radius 3 is 0.951 bits per heavy atom. The Morgan fingerprint density at radius 1 is 0.377 bits per heavy atom. The van der Waals surface area contributed by atoms with Crippen molar-refractivity contribution in [3.8, 4) is 0 Å². The van der Waals surface area contributed by atoms with Gasteiger partial charge in [-0.25, -0.2) is 0 Å². The largest absolute Gasteiger partial charge is 0.394 e. The van der Waals surface area contributed by atoms with Crippen LogP contribution in [0.2, 0.25) is 0 Å². The van der Waals surface area contributed by atoms with Crippen molar-refractivity contribution >= 4 is 5.91 Å². The van der Waals surface area contributed by atoms with Crippen LogP contribution in [0.3, 0.4) is 0 Å². The Balaban J connectivity index is 3.52. The third-order valence-corrected chi connectivity index (χ3v) is 12.8. The number of rotatable bonds is 51. The highest BCUT2D eigenvalue weighted by atomic mass is 16.3. The van der Waals surface area contributed by atoms with Crippen molar-refractivity contribution in [3.05, 3.63) is 36.5 Å². The van der Waals surface area contributed by atoms with E-state index in [9.17, 15) is 15.0 Å². The quantitative estimate of drug-likeness (QED) is 0.0422. The smallest absolute Gasteiger partial charge is 0.220 e. The van der Waals surface area contributed by atoms with E-state index in [1.165, 1.54) is 250 Å². The van der Waals surface area contributed by atoms with E-state index in [2.05, 4.69) is 43.5 Å². The molecule has 61 heavy (non-hydrogen) atoms. The molecule has 2 unspecified atom stereocenters. The van der Waals surface area contributed by atoms with Gasteiger partial charge in [-0.05, 0) is 57.8 Å². The molecule has 3 N–H and O–H groups in total. The first-order valence-corrected chi connectivity index (χ1v) is 27.7. The molecule has 1 amide bonds. The highest BCUT2D eigenvalue weighted by Gasteiger charge is 2.18. The predicted octanol–water partition coefficient (Wildman–Crippen LogP) is 18.1. The van der Waals surface area contributed by atoms with E-state index >= 15 is 0 Å². The number of unbranched alkanes of at least 4 members (excludes halogenated alkanes) is 40. The van der Waals surface area contributed by atoms with Gasteiger partial charge in [0.25, 0.3) is 0 Å². The van der Waals surface area contributed by atoms with E-state index in [1.54, 1.807) is 6.08 Å². The molecule has 0 aromatic rings. The zero-order valence-electron chi connectivity index (χ0n) is 41.4. The third kappa shape index (κ3) is 49.5. The van der Waals surface area contributed by atoms with Crippen LogP contribution >= 0.6 is 0 Å². The van der Waals surface area contributed by atoms with Crippen molar-refractivity contribution in [2.75, 3.05) is 6.61 Å². The van der Waals surface area contributed by atoms with E-state index in [1.807, 2.05) is 6.08 Å². The zero-order chi connectivity index (χ0) is 44.2. The average Bonchev–Trinajstić information content (AvgIpc) is 3.26. The van der Waals surface area contributed by atoms with Gasteiger partial charge < -0.3 is 15.5 Å². The summed E-state index contributed by atoms with van der Waals surface area (Å²) in [4.78, 5) is 12.5. The first kappa shape index (κ1) is 59.6. The minimum Gasteiger partial charge on any atom is -0.394 e. The topological polar surface area (TPSA) is 69.6 Å². The number of carbonyl (C=O) groups is 1. The Hall–Kier alpha value is -1.39. The first-order valence-electron chi connectivity index (χ1n) is 27.7. The maximum Gasteiger partial charge on any atom is 0.220 e. The summed E-state index contributed by atoms with van der Waals surface area (Å²) in [6.07, 6.45) is 71.6. The summed E-state index contributed by atoms with van der Waals surface area (Å²) in [5, 5.41) is 23.1. The molecular formula is C57H109NO3. The fraction of sp³-hybridized carbons (Fsp3) is 0.877. The molecule has 0 saturated carbocycles. The lowest BCUT2D eigenvalue weighted by atomic mass is 10.0. The molecule has 0 spiro atoms. The maximum absolute atomic E-state index is 12.5. The van der Waals surface area contributed by atoms with Gasteiger partial charge in [-0.1, -0.05) is 275 Å². The minimum absolute atomic E-state index is 0.0713. The molecule has 0 saturated heterocycles. The van der Waals surface area contributed by atoms with E-state index in [0.717, 1.165) is 32.1 Å². The maximum atomic E-state index is 12.5. The lowest BCUT2D eigenvalue weighted by Crippen LogP contribution is -2.45. The number of aliphatic hydroxyl groups excluding tert-OH is 2. The Morgan fingerprint density at radius 2 is 0.639 bits per heavy atom. The number of amides is 1. The molecule has 0 heterocycles. The van der Waals surface area contributed by atoms with E-state index < -0.39 is 12.1 Å². The monoisotopic (exact) mass is 856 g/mol. The van der Waals surface area contributed by atoms with E-state index in [0.29, 0.717) is 6.42 Å². The van der Waals surface area contributed by atoms with Crippen LogP contribution in [-0.4, -0.2) is 34.9 Å².